The van der Waals surface area contributed by atoms with Crippen LogP contribution in [0.15, 0.2) is 35.2 Å². The summed E-state index contributed by atoms with van der Waals surface area (Å²) < 4.78 is 0. The molecule has 0 saturated carbocycles. The number of carbonyl (C=O) groups excluding carboxylic acids is 1. The van der Waals surface area contributed by atoms with E-state index in [0.717, 1.165) is 16.2 Å². The van der Waals surface area contributed by atoms with Crippen LogP contribution in [0.25, 0.3) is 0 Å². The number of aryl methyl sites for hydroxylation is 1. The normalized spacial score (nSPS) is 13.3. The average molecular weight is 364 g/mol. The van der Waals surface area contributed by atoms with Gasteiger partial charge in [0.2, 0.25) is 5.91 Å². The summed E-state index contributed by atoms with van der Waals surface area (Å²) in [6.45, 7) is 5.46. The third-order valence-electron chi connectivity index (χ3n) is 3.42. The van der Waals surface area contributed by atoms with Crippen molar-refractivity contribution in [1.82, 2.24) is 10.3 Å². The number of aromatic nitrogens is 1. The molecule has 0 bridgehead atoms. The molecule has 0 saturated heterocycles. The highest BCUT2D eigenvalue weighted by Gasteiger charge is 2.23. The number of hydrogen-bond donors (Lipinski definition) is 2. The maximum absolute atomic E-state index is 12.5. The zero-order valence-corrected chi connectivity index (χ0v) is 15.4. The van der Waals surface area contributed by atoms with Gasteiger partial charge in [-0.15, -0.1) is 23.1 Å². The van der Waals surface area contributed by atoms with Crippen molar-refractivity contribution in [3.05, 3.63) is 45.9 Å². The highest BCUT2D eigenvalue weighted by Crippen LogP contribution is 2.27. The van der Waals surface area contributed by atoms with Crippen molar-refractivity contribution in [2.24, 2.45) is 0 Å². The molecule has 128 valence electrons. The van der Waals surface area contributed by atoms with E-state index < -0.39 is 5.97 Å². The van der Waals surface area contributed by atoms with E-state index in [2.05, 4.69) is 10.3 Å². The molecular formula is C17H20N2O3S2. The number of hydrogen-bond acceptors (Lipinski definition) is 5. The molecule has 2 atom stereocenters. The number of carboxylic acids is 1. The van der Waals surface area contributed by atoms with Gasteiger partial charge in [-0.05, 0) is 32.4 Å². The number of nitrogens with zero attached hydrogens (tertiary/aromatic N) is 1. The number of thiazole rings is 1. The Balaban J connectivity index is 2.04. The first-order valence-electron chi connectivity index (χ1n) is 7.65. The Morgan fingerprint density at radius 2 is 2.00 bits per heavy atom. The van der Waals surface area contributed by atoms with Crippen LogP contribution in [0.4, 0.5) is 0 Å². The van der Waals surface area contributed by atoms with Gasteiger partial charge in [0, 0.05) is 4.90 Å². The maximum Gasteiger partial charge on any atom is 0.347 e. The highest BCUT2D eigenvalue weighted by atomic mass is 32.2. The average Bonchev–Trinajstić information content (AvgIpc) is 2.95. The lowest BCUT2D eigenvalue weighted by atomic mass is 10.2. The van der Waals surface area contributed by atoms with Gasteiger partial charge in [0.05, 0.1) is 17.0 Å². The molecule has 1 heterocycles. The molecule has 0 radical (unpaired) electrons. The number of thioether (sulfide) groups is 1. The van der Waals surface area contributed by atoms with E-state index in [1.165, 1.54) is 11.8 Å². The fourth-order valence-corrected chi connectivity index (χ4v) is 4.05. The first kappa shape index (κ1) is 18.5. The smallest absolute Gasteiger partial charge is 0.347 e. The lowest BCUT2D eigenvalue weighted by molar-refractivity contribution is -0.121. The zero-order chi connectivity index (χ0) is 17.7. The lowest BCUT2D eigenvalue weighted by Gasteiger charge is -2.17. The second kappa shape index (κ2) is 8.30. The van der Waals surface area contributed by atoms with Crippen molar-refractivity contribution in [1.29, 1.82) is 0 Å². The van der Waals surface area contributed by atoms with E-state index in [1.807, 2.05) is 44.2 Å². The number of rotatable bonds is 7. The van der Waals surface area contributed by atoms with Crippen LogP contribution in [0, 0.1) is 6.92 Å². The minimum Gasteiger partial charge on any atom is -0.477 e. The summed E-state index contributed by atoms with van der Waals surface area (Å²) in [7, 11) is 0. The zero-order valence-electron chi connectivity index (χ0n) is 13.8. The summed E-state index contributed by atoms with van der Waals surface area (Å²) >= 11 is 2.63. The van der Waals surface area contributed by atoms with Gasteiger partial charge in [0.15, 0.2) is 0 Å². The molecule has 1 amide bonds. The van der Waals surface area contributed by atoms with Crippen molar-refractivity contribution in [2.45, 2.75) is 43.4 Å². The molecule has 0 fully saturated rings. The van der Waals surface area contributed by atoms with E-state index in [4.69, 9.17) is 5.11 Å². The van der Waals surface area contributed by atoms with Crippen LogP contribution in [0.5, 0.6) is 0 Å². The van der Waals surface area contributed by atoms with Crippen LogP contribution < -0.4 is 5.32 Å². The fraction of sp³-hybridized carbons (Fsp3) is 0.353. The Morgan fingerprint density at radius 3 is 2.54 bits per heavy atom. The molecule has 0 aliphatic carbocycles. The first-order chi connectivity index (χ1) is 11.4. The maximum atomic E-state index is 12.5. The standard InChI is InChI=1S/C17H20N2O3S2/c1-4-13(23-12-8-6-5-7-9-12)15(20)18-11(3)16-19-10(2)14(24-16)17(21)22/h5-9,11,13H,4H2,1-3H3,(H,18,20)(H,21,22). The van der Waals surface area contributed by atoms with Crippen molar-refractivity contribution in [3.63, 3.8) is 0 Å². The molecule has 2 aromatic rings. The quantitative estimate of drug-likeness (QED) is 0.729. The Bertz CT molecular complexity index is 716. The molecule has 24 heavy (non-hydrogen) atoms. The van der Waals surface area contributed by atoms with E-state index >= 15 is 0 Å². The number of benzene rings is 1. The summed E-state index contributed by atoms with van der Waals surface area (Å²) in [5.74, 6) is -1.05. The van der Waals surface area contributed by atoms with E-state index in [-0.39, 0.29) is 22.1 Å². The summed E-state index contributed by atoms with van der Waals surface area (Å²) in [5, 5.41) is 12.5. The molecule has 1 aromatic heterocycles. The van der Waals surface area contributed by atoms with Gasteiger partial charge in [0.1, 0.15) is 9.88 Å². The number of carboxylic acid groups (broad SMARTS) is 1. The summed E-state index contributed by atoms with van der Waals surface area (Å²) in [4.78, 5) is 29.2. The van der Waals surface area contributed by atoms with Crippen LogP contribution in [0.1, 0.15) is 46.7 Å². The van der Waals surface area contributed by atoms with Gasteiger partial charge in [-0.3, -0.25) is 4.79 Å². The monoisotopic (exact) mass is 364 g/mol. The minimum absolute atomic E-state index is 0.0661. The van der Waals surface area contributed by atoms with Crippen molar-refractivity contribution < 1.29 is 14.7 Å². The summed E-state index contributed by atoms with van der Waals surface area (Å²) in [5.41, 5.74) is 0.481. The lowest BCUT2D eigenvalue weighted by Crippen LogP contribution is -2.34. The van der Waals surface area contributed by atoms with E-state index in [9.17, 15) is 9.59 Å². The van der Waals surface area contributed by atoms with Crippen LogP contribution in [-0.2, 0) is 4.79 Å². The third kappa shape index (κ3) is 4.58. The fourth-order valence-electron chi connectivity index (χ4n) is 2.15. The SMILES string of the molecule is CCC(Sc1ccccc1)C(=O)NC(C)c1nc(C)c(C(=O)O)s1. The first-order valence-corrected chi connectivity index (χ1v) is 9.34. The molecule has 1 aromatic carbocycles. The van der Waals surface area contributed by atoms with Crippen molar-refractivity contribution in [3.8, 4) is 0 Å². The molecule has 2 rings (SSSR count). The Kier molecular flexibility index (Phi) is 6.39. The number of carbonyl (C=O) groups is 2. The largest absolute Gasteiger partial charge is 0.477 e. The topological polar surface area (TPSA) is 79.3 Å². The van der Waals surface area contributed by atoms with Gasteiger partial charge in [0.25, 0.3) is 0 Å². The number of nitrogens with one attached hydrogen (secondary N) is 1. The van der Waals surface area contributed by atoms with Gasteiger partial charge in [-0.2, -0.15) is 0 Å². The summed E-state index contributed by atoms with van der Waals surface area (Å²) in [6, 6.07) is 9.47. The Labute approximate surface area is 149 Å². The second-order valence-electron chi connectivity index (χ2n) is 5.33. The van der Waals surface area contributed by atoms with Crippen LogP contribution in [-0.4, -0.2) is 27.2 Å². The van der Waals surface area contributed by atoms with Gasteiger partial charge in [-0.1, -0.05) is 25.1 Å². The van der Waals surface area contributed by atoms with Crippen LogP contribution in [0.3, 0.4) is 0 Å². The predicted octanol–water partition coefficient (Wildman–Crippen LogP) is 3.90. The van der Waals surface area contributed by atoms with Gasteiger partial charge in [-0.25, -0.2) is 9.78 Å². The summed E-state index contributed by atoms with van der Waals surface area (Å²) in [6.07, 6.45) is 0.704. The molecular weight excluding hydrogens is 344 g/mol. The Morgan fingerprint density at radius 1 is 1.33 bits per heavy atom. The van der Waals surface area contributed by atoms with Crippen LogP contribution >= 0.6 is 23.1 Å². The van der Waals surface area contributed by atoms with Gasteiger partial charge >= 0.3 is 5.97 Å². The van der Waals surface area contributed by atoms with E-state index in [1.54, 1.807) is 6.92 Å². The highest BCUT2D eigenvalue weighted by molar-refractivity contribution is 8.00. The van der Waals surface area contributed by atoms with Crippen molar-refractivity contribution in [2.75, 3.05) is 0 Å². The molecule has 0 aliphatic rings. The minimum atomic E-state index is -0.985. The predicted molar refractivity (Wildman–Crippen MR) is 96.7 cm³/mol. The second-order valence-corrected chi connectivity index (χ2v) is 7.64. The number of amides is 1. The molecule has 2 unspecified atom stereocenters. The van der Waals surface area contributed by atoms with E-state index in [0.29, 0.717) is 17.1 Å². The van der Waals surface area contributed by atoms with Gasteiger partial charge < -0.3 is 10.4 Å². The number of aromatic carboxylic acids is 1. The molecule has 7 heteroatoms. The molecule has 0 spiro atoms. The Hall–Kier alpha value is -1.86. The molecule has 2 N–H and O–H groups in total. The van der Waals surface area contributed by atoms with Crippen LogP contribution in [0.2, 0.25) is 0 Å². The van der Waals surface area contributed by atoms with Crippen molar-refractivity contribution >= 4 is 35.0 Å². The third-order valence-corrected chi connectivity index (χ3v) is 6.13. The molecule has 5 nitrogen and oxygen atoms in total. The molecule has 0 aliphatic heterocycles.